The summed E-state index contributed by atoms with van der Waals surface area (Å²) in [5.41, 5.74) is 0.912. The number of hydrogen-bond donors (Lipinski definition) is 2. The molecule has 0 aliphatic carbocycles. The van der Waals surface area contributed by atoms with Crippen molar-refractivity contribution in [1.29, 1.82) is 0 Å². The first kappa shape index (κ1) is 17.0. The zero-order chi connectivity index (χ0) is 16.0. The van der Waals surface area contributed by atoms with Crippen molar-refractivity contribution in [3.8, 4) is 0 Å². The van der Waals surface area contributed by atoms with E-state index in [1.165, 1.54) is 13.3 Å². The Hall–Kier alpha value is -2.02. The number of ether oxygens (including phenoxy) is 1. The van der Waals surface area contributed by atoms with Gasteiger partial charge in [0.2, 0.25) is 0 Å². The number of aliphatic carboxylic acids is 1. The van der Waals surface area contributed by atoms with E-state index in [2.05, 4.69) is 15.3 Å². The molecule has 0 aliphatic heterocycles. The molecule has 0 saturated heterocycles. The van der Waals surface area contributed by atoms with Crippen molar-refractivity contribution in [2.45, 2.75) is 39.2 Å². The van der Waals surface area contributed by atoms with Crippen LogP contribution in [-0.2, 0) is 9.53 Å². The number of nitrogens with one attached hydrogen (secondary N) is 1. The van der Waals surface area contributed by atoms with Gasteiger partial charge in [-0.15, -0.1) is 0 Å². The molecule has 0 spiro atoms. The molecule has 7 nitrogen and oxygen atoms in total. The molecule has 116 valence electrons. The summed E-state index contributed by atoms with van der Waals surface area (Å²) < 4.78 is 4.85. The molecule has 0 aromatic carbocycles. The molecule has 1 rings (SSSR count). The molecule has 0 fully saturated rings. The quantitative estimate of drug-likeness (QED) is 0.782. The van der Waals surface area contributed by atoms with Crippen molar-refractivity contribution in [1.82, 2.24) is 15.3 Å². The van der Waals surface area contributed by atoms with Gasteiger partial charge in [0.25, 0.3) is 5.91 Å². The van der Waals surface area contributed by atoms with Gasteiger partial charge in [0.05, 0.1) is 11.3 Å². The van der Waals surface area contributed by atoms with Crippen molar-refractivity contribution in [3.63, 3.8) is 0 Å². The van der Waals surface area contributed by atoms with Crippen molar-refractivity contribution < 1.29 is 19.4 Å². The Balaban J connectivity index is 2.94. The number of hydrogen-bond acceptors (Lipinski definition) is 5. The van der Waals surface area contributed by atoms with E-state index in [0.29, 0.717) is 17.1 Å². The molecule has 1 aromatic rings. The van der Waals surface area contributed by atoms with Crippen LogP contribution >= 0.6 is 0 Å². The average molecular weight is 295 g/mol. The third-order valence-electron chi connectivity index (χ3n) is 2.94. The fourth-order valence-electron chi connectivity index (χ4n) is 1.83. The number of carbonyl (C=O) groups is 2. The number of methoxy groups -OCH3 is 1. The number of aromatic nitrogens is 2. The van der Waals surface area contributed by atoms with E-state index in [0.717, 1.165) is 0 Å². The highest BCUT2D eigenvalue weighted by Gasteiger charge is 2.23. The first-order chi connectivity index (χ1) is 9.86. The first-order valence-corrected chi connectivity index (χ1v) is 6.73. The molecule has 0 aliphatic rings. The van der Waals surface area contributed by atoms with Crippen LogP contribution in [-0.4, -0.2) is 46.7 Å². The van der Waals surface area contributed by atoms with Crippen LogP contribution < -0.4 is 5.32 Å². The van der Waals surface area contributed by atoms with E-state index in [9.17, 15) is 9.59 Å². The minimum absolute atomic E-state index is 0.0368. The highest BCUT2D eigenvalue weighted by Crippen LogP contribution is 2.16. The topological polar surface area (TPSA) is 101 Å². The predicted molar refractivity (Wildman–Crippen MR) is 76.2 cm³/mol. The van der Waals surface area contributed by atoms with Crippen LogP contribution in [0, 0.1) is 6.92 Å². The lowest BCUT2D eigenvalue weighted by atomic mass is 10.0. The van der Waals surface area contributed by atoms with Crippen molar-refractivity contribution in [2.75, 3.05) is 13.7 Å². The van der Waals surface area contributed by atoms with Gasteiger partial charge in [-0.3, -0.25) is 4.79 Å². The van der Waals surface area contributed by atoms with Gasteiger partial charge in [-0.05, 0) is 12.8 Å². The summed E-state index contributed by atoms with van der Waals surface area (Å²) in [5, 5.41) is 11.6. The molecular weight excluding hydrogens is 274 g/mol. The molecular formula is C14H21N3O4. The van der Waals surface area contributed by atoms with E-state index in [1.807, 2.05) is 13.8 Å². The maximum absolute atomic E-state index is 12.3. The highest BCUT2D eigenvalue weighted by molar-refractivity contribution is 5.97. The summed E-state index contributed by atoms with van der Waals surface area (Å²) in [4.78, 5) is 31.7. The predicted octanol–water partition coefficient (Wildman–Crippen LogP) is 1.13. The van der Waals surface area contributed by atoms with Crippen molar-refractivity contribution >= 4 is 11.9 Å². The molecule has 0 bridgehead atoms. The van der Waals surface area contributed by atoms with Gasteiger partial charge in [0.15, 0.2) is 0 Å². The molecule has 1 amide bonds. The van der Waals surface area contributed by atoms with E-state index >= 15 is 0 Å². The zero-order valence-electron chi connectivity index (χ0n) is 12.7. The molecule has 1 aromatic heterocycles. The Morgan fingerprint density at radius 3 is 2.62 bits per heavy atom. The van der Waals surface area contributed by atoms with Crippen molar-refractivity contribution in [2.24, 2.45) is 0 Å². The largest absolute Gasteiger partial charge is 0.480 e. The van der Waals surface area contributed by atoms with Crippen molar-refractivity contribution in [3.05, 3.63) is 23.3 Å². The summed E-state index contributed by atoms with van der Waals surface area (Å²) in [7, 11) is 1.48. The van der Waals surface area contributed by atoms with E-state index in [1.54, 1.807) is 6.92 Å². The second-order valence-corrected chi connectivity index (χ2v) is 5.02. The lowest BCUT2D eigenvalue weighted by molar-refractivity contribution is -0.139. The van der Waals surface area contributed by atoms with E-state index < -0.39 is 17.9 Å². The van der Waals surface area contributed by atoms with E-state index in [4.69, 9.17) is 9.84 Å². The highest BCUT2D eigenvalue weighted by atomic mass is 16.5. The van der Waals surface area contributed by atoms with Gasteiger partial charge < -0.3 is 15.2 Å². The summed E-state index contributed by atoms with van der Waals surface area (Å²) >= 11 is 0. The molecule has 1 heterocycles. The number of nitrogens with zero attached hydrogens (tertiary/aromatic N) is 2. The third-order valence-corrected chi connectivity index (χ3v) is 2.94. The Bertz CT molecular complexity index is 517. The van der Waals surface area contributed by atoms with Gasteiger partial charge in [-0.1, -0.05) is 13.8 Å². The molecule has 1 unspecified atom stereocenters. The number of rotatable bonds is 7. The summed E-state index contributed by atoms with van der Waals surface area (Å²) in [6.07, 6.45) is 1.63. The number of amides is 1. The monoisotopic (exact) mass is 295 g/mol. The average Bonchev–Trinajstić information content (AvgIpc) is 2.42. The lowest BCUT2D eigenvalue weighted by Gasteiger charge is -2.16. The Kier molecular flexibility index (Phi) is 6.23. The van der Waals surface area contributed by atoms with Crippen LogP contribution in [0.25, 0.3) is 0 Å². The molecule has 21 heavy (non-hydrogen) atoms. The number of carbonyl (C=O) groups excluding carboxylic acids is 1. The van der Waals surface area contributed by atoms with Gasteiger partial charge >= 0.3 is 5.97 Å². The number of aryl methyl sites for hydroxylation is 1. The van der Waals surface area contributed by atoms with Crippen LogP contribution in [0.4, 0.5) is 0 Å². The van der Waals surface area contributed by atoms with Gasteiger partial charge in [0.1, 0.15) is 11.9 Å². The van der Waals surface area contributed by atoms with Crippen LogP contribution in [0.3, 0.4) is 0 Å². The smallest absolute Gasteiger partial charge is 0.326 e. The van der Waals surface area contributed by atoms with Crippen LogP contribution in [0.2, 0.25) is 0 Å². The SMILES string of the molecule is COCCC(NC(=O)c1cnc(C)nc1C(C)C)C(=O)O. The Morgan fingerprint density at radius 1 is 1.43 bits per heavy atom. The normalized spacial score (nSPS) is 12.2. The van der Waals surface area contributed by atoms with E-state index in [-0.39, 0.29) is 18.9 Å². The second kappa shape index (κ2) is 7.68. The van der Waals surface area contributed by atoms with Gasteiger partial charge in [0, 0.05) is 26.3 Å². The molecule has 0 radical (unpaired) electrons. The third kappa shape index (κ3) is 4.78. The fraction of sp³-hybridized carbons (Fsp3) is 0.571. The Labute approximate surface area is 123 Å². The first-order valence-electron chi connectivity index (χ1n) is 6.73. The van der Waals surface area contributed by atoms with Gasteiger partial charge in [-0.2, -0.15) is 0 Å². The summed E-state index contributed by atoms with van der Waals surface area (Å²) in [6.45, 7) is 5.82. The Morgan fingerprint density at radius 2 is 2.10 bits per heavy atom. The zero-order valence-corrected chi connectivity index (χ0v) is 12.7. The molecule has 1 atom stereocenters. The second-order valence-electron chi connectivity index (χ2n) is 5.02. The molecule has 0 saturated carbocycles. The van der Waals surface area contributed by atoms with Gasteiger partial charge in [-0.25, -0.2) is 14.8 Å². The summed E-state index contributed by atoms with van der Waals surface area (Å²) in [5.74, 6) is -0.971. The van der Waals surface area contributed by atoms with Crippen LogP contribution in [0.5, 0.6) is 0 Å². The van der Waals surface area contributed by atoms with Crippen LogP contribution in [0.15, 0.2) is 6.20 Å². The van der Waals surface area contributed by atoms with Crippen LogP contribution in [0.1, 0.15) is 48.1 Å². The maximum atomic E-state index is 12.3. The lowest BCUT2D eigenvalue weighted by Crippen LogP contribution is -2.42. The minimum Gasteiger partial charge on any atom is -0.480 e. The maximum Gasteiger partial charge on any atom is 0.326 e. The minimum atomic E-state index is -1.10. The molecule has 2 N–H and O–H groups in total. The summed E-state index contributed by atoms with van der Waals surface area (Å²) in [6, 6.07) is -1.00. The number of carboxylic acid groups (broad SMARTS) is 1. The number of carboxylic acids is 1. The standard InChI is InChI=1S/C14H21N3O4/c1-8(2)12-10(7-15-9(3)16-12)13(18)17-11(14(19)20)5-6-21-4/h7-8,11H,5-6H2,1-4H3,(H,17,18)(H,19,20). The fourth-order valence-corrected chi connectivity index (χ4v) is 1.83. The molecule has 7 heteroatoms.